The van der Waals surface area contributed by atoms with Crippen LogP contribution >= 0.6 is 0 Å². The first-order valence-electron chi connectivity index (χ1n) is 7.87. The summed E-state index contributed by atoms with van der Waals surface area (Å²) >= 11 is 0. The number of amides is 2. The van der Waals surface area contributed by atoms with E-state index in [-0.39, 0.29) is 6.03 Å². The predicted molar refractivity (Wildman–Crippen MR) is 84.7 cm³/mol. The van der Waals surface area contributed by atoms with Crippen molar-refractivity contribution in [3.8, 4) is 5.75 Å². The number of hydrogen-bond acceptors (Lipinski definition) is 2. The molecule has 4 heteroatoms. The lowest BCUT2D eigenvalue weighted by atomic mass is 10.2. The van der Waals surface area contributed by atoms with Crippen molar-refractivity contribution < 1.29 is 9.53 Å². The highest BCUT2D eigenvalue weighted by molar-refractivity contribution is 5.74. The van der Waals surface area contributed by atoms with E-state index < -0.39 is 0 Å². The molecule has 1 aliphatic rings. The molecule has 4 nitrogen and oxygen atoms in total. The largest absolute Gasteiger partial charge is 0.493 e. The first-order valence-corrected chi connectivity index (χ1v) is 7.87. The Balaban J connectivity index is 1.63. The van der Waals surface area contributed by atoms with Gasteiger partial charge < -0.3 is 15.0 Å². The van der Waals surface area contributed by atoms with Crippen LogP contribution in [0.4, 0.5) is 4.79 Å². The van der Waals surface area contributed by atoms with Gasteiger partial charge in [0.05, 0.1) is 6.61 Å². The van der Waals surface area contributed by atoms with Gasteiger partial charge in [0, 0.05) is 19.6 Å². The molecule has 0 unspecified atom stereocenters. The molecule has 1 N–H and O–H groups in total. The highest BCUT2D eigenvalue weighted by atomic mass is 16.5. The molecule has 0 atom stereocenters. The smallest absolute Gasteiger partial charge is 0.317 e. The SMILES string of the molecule is Cc1ccccc1OCCCN(C)C(=O)NC1CCCC1. The number of carbonyl (C=O) groups is 1. The lowest BCUT2D eigenvalue weighted by Gasteiger charge is -2.21. The highest BCUT2D eigenvalue weighted by Gasteiger charge is 2.18. The molecule has 0 saturated heterocycles. The highest BCUT2D eigenvalue weighted by Crippen LogP contribution is 2.18. The Labute approximate surface area is 127 Å². The van der Waals surface area contributed by atoms with Crippen molar-refractivity contribution >= 4 is 6.03 Å². The van der Waals surface area contributed by atoms with E-state index in [0.29, 0.717) is 19.2 Å². The second kappa shape index (κ2) is 7.91. The third-order valence-corrected chi connectivity index (χ3v) is 4.02. The second-order valence-corrected chi connectivity index (χ2v) is 5.82. The van der Waals surface area contributed by atoms with E-state index in [9.17, 15) is 4.79 Å². The van der Waals surface area contributed by atoms with Gasteiger partial charge in [0.1, 0.15) is 5.75 Å². The van der Waals surface area contributed by atoms with Crippen molar-refractivity contribution in [2.45, 2.75) is 45.1 Å². The maximum atomic E-state index is 12.0. The van der Waals surface area contributed by atoms with Crippen LogP contribution in [0.15, 0.2) is 24.3 Å². The van der Waals surface area contributed by atoms with Gasteiger partial charge in [-0.3, -0.25) is 0 Å². The molecule has 116 valence electrons. The average Bonchev–Trinajstić information content (AvgIpc) is 2.98. The minimum Gasteiger partial charge on any atom is -0.493 e. The summed E-state index contributed by atoms with van der Waals surface area (Å²) in [6, 6.07) is 8.41. The molecule has 1 aromatic rings. The van der Waals surface area contributed by atoms with Crippen molar-refractivity contribution in [3.63, 3.8) is 0 Å². The van der Waals surface area contributed by atoms with Crippen LogP contribution in [0, 0.1) is 6.92 Å². The summed E-state index contributed by atoms with van der Waals surface area (Å²) in [7, 11) is 1.85. The second-order valence-electron chi connectivity index (χ2n) is 5.82. The Morgan fingerprint density at radius 3 is 2.76 bits per heavy atom. The third kappa shape index (κ3) is 4.96. The van der Waals surface area contributed by atoms with Crippen molar-refractivity contribution in [1.29, 1.82) is 0 Å². The zero-order valence-electron chi connectivity index (χ0n) is 13.1. The normalized spacial score (nSPS) is 15.0. The molecule has 1 fully saturated rings. The minimum atomic E-state index is 0.0396. The number of urea groups is 1. The molecule has 2 amide bonds. The van der Waals surface area contributed by atoms with E-state index in [4.69, 9.17) is 4.74 Å². The Hall–Kier alpha value is -1.71. The van der Waals surface area contributed by atoms with Crippen LogP contribution in [0.5, 0.6) is 5.75 Å². The number of ether oxygens (including phenoxy) is 1. The summed E-state index contributed by atoms with van der Waals surface area (Å²) in [6.45, 7) is 3.38. The number of hydrogen-bond donors (Lipinski definition) is 1. The molecule has 0 spiro atoms. The van der Waals surface area contributed by atoms with Crippen LogP contribution in [0.25, 0.3) is 0 Å². The van der Waals surface area contributed by atoms with E-state index in [1.165, 1.54) is 12.8 Å². The van der Waals surface area contributed by atoms with Gasteiger partial charge in [-0.2, -0.15) is 0 Å². The van der Waals surface area contributed by atoms with Crippen molar-refractivity contribution in [3.05, 3.63) is 29.8 Å². The van der Waals surface area contributed by atoms with E-state index in [2.05, 4.69) is 5.32 Å². The maximum absolute atomic E-state index is 12.0. The van der Waals surface area contributed by atoms with Gasteiger partial charge in [0.25, 0.3) is 0 Å². The van der Waals surface area contributed by atoms with E-state index in [1.807, 2.05) is 38.2 Å². The van der Waals surface area contributed by atoms with Crippen molar-refractivity contribution in [1.82, 2.24) is 10.2 Å². The van der Waals surface area contributed by atoms with Crippen LogP contribution in [0.2, 0.25) is 0 Å². The minimum absolute atomic E-state index is 0.0396. The van der Waals surface area contributed by atoms with Gasteiger partial charge in [-0.15, -0.1) is 0 Å². The molecule has 0 bridgehead atoms. The Bertz CT molecular complexity index is 456. The van der Waals surface area contributed by atoms with Gasteiger partial charge in [-0.1, -0.05) is 31.0 Å². The number of rotatable bonds is 6. The standard InChI is InChI=1S/C17H26N2O2/c1-14-8-3-6-11-16(14)21-13-7-12-19(2)17(20)18-15-9-4-5-10-15/h3,6,8,11,15H,4-5,7,9-10,12-13H2,1-2H3,(H,18,20). The lowest BCUT2D eigenvalue weighted by Crippen LogP contribution is -2.42. The molecule has 0 radical (unpaired) electrons. The zero-order valence-corrected chi connectivity index (χ0v) is 13.1. The van der Waals surface area contributed by atoms with Gasteiger partial charge in [0.15, 0.2) is 0 Å². The van der Waals surface area contributed by atoms with Crippen molar-refractivity contribution in [2.24, 2.45) is 0 Å². The van der Waals surface area contributed by atoms with Gasteiger partial charge >= 0.3 is 6.03 Å². The molecular weight excluding hydrogens is 264 g/mol. The molecule has 0 aliphatic heterocycles. The number of nitrogens with zero attached hydrogens (tertiary/aromatic N) is 1. The predicted octanol–water partition coefficient (Wildman–Crippen LogP) is 3.35. The van der Waals surface area contributed by atoms with E-state index in [0.717, 1.165) is 30.6 Å². The molecular formula is C17H26N2O2. The topological polar surface area (TPSA) is 41.6 Å². The first-order chi connectivity index (χ1) is 10.2. The Morgan fingerprint density at radius 2 is 2.05 bits per heavy atom. The number of para-hydroxylation sites is 1. The maximum Gasteiger partial charge on any atom is 0.317 e. The van der Waals surface area contributed by atoms with Crippen LogP contribution in [0.1, 0.15) is 37.7 Å². The van der Waals surface area contributed by atoms with Crippen LogP contribution in [0.3, 0.4) is 0 Å². The first kappa shape index (κ1) is 15.7. The third-order valence-electron chi connectivity index (χ3n) is 4.02. The monoisotopic (exact) mass is 290 g/mol. The number of aryl methyl sites for hydroxylation is 1. The Kier molecular flexibility index (Phi) is 5.90. The summed E-state index contributed by atoms with van der Waals surface area (Å²) < 4.78 is 5.74. The molecule has 2 rings (SSSR count). The number of benzene rings is 1. The number of carbonyl (C=O) groups excluding carboxylic acids is 1. The summed E-state index contributed by atoms with van der Waals surface area (Å²) in [5, 5.41) is 3.09. The fourth-order valence-electron chi connectivity index (χ4n) is 2.66. The lowest BCUT2D eigenvalue weighted by molar-refractivity contribution is 0.199. The fourth-order valence-corrected chi connectivity index (χ4v) is 2.66. The fraction of sp³-hybridized carbons (Fsp3) is 0.588. The summed E-state index contributed by atoms with van der Waals surface area (Å²) in [4.78, 5) is 13.7. The quantitative estimate of drug-likeness (QED) is 0.816. The van der Waals surface area contributed by atoms with E-state index in [1.54, 1.807) is 4.90 Å². The molecule has 1 aromatic carbocycles. The van der Waals surface area contributed by atoms with E-state index >= 15 is 0 Å². The van der Waals surface area contributed by atoms with Gasteiger partial charge in [0.2, 0.25) is 0 Å². The zero-order chi connectivity index (χ0) is 15.1. The molecule has 1 aliphatic carbocycles. The Morgan fingerprint density at radius 1 is 1.33 bits per heavy atom. The summed E-state index contributed by atoms with van der Waals surface area (Å²) in [6.07, 6.45) is 5.55. The van der Waals surface area contributed by atoms with Crippen LogP contribution in [-0.4, -0.2) is 37.2 Å². The molecule has 0 aromatic heterocycles. The summed E-state index contributed by atoms with van der Waals surface area (Å²) in [5.74, 6) is 0.926. The van der Waals surface area contributed by atoms with Crippen LogP contribution < -0.4 is 10.1 Å². The van der Waals surface area contributed by atoms with Gasteiger partial charge in [-0.05, 0) is 37.8 Å². The molecule has 1 saturated carbocycles. The van der Waals surface area contributed by atoms with Gasteiger partial charge in [-0.25, -0.2) is 4.79 Å². The summed E-state index contributed by atoms with van der Waals surface area (Å²) in [5.41, 5.74) is 1.14. The molecule has 21 heavy (non-hydrogen) atoms. The molecule has 0 heterocycles. The van der Waals surface area contributed by atoms with Crippen molar-refractivity contribution in [2.75, 3.05) is 20.2 Å². The average molecular weight is 290 g/mol. The number of nitrogens with one attached hydrogen (secondary N) is 1. The van der Waals surface area contributed by atoms with Crippen LogP contribution in [-0.2, 0) is 0 Å².